The van der Waals surface area contributed by atoms with Crippen molar-refractivity contribution in [1.29, 1.82) is 0 Å². The van der Waals surface area contributed by atoms with E-state index in [1.54, 1.807) is 20.1 Å². The van der Waals surface area contributed by atoms with Gasteiger partial charge < -0.3 is 19.1 Å². The molecule has 1 aromatic rings. The van der Waals surface area contributed by atoms with Gasteiger partial charge in [-0.05, 0) is 26.2 Å². The molecule has 7 heteroatoms. The van der Waals surface area contributed by atoms with Crippen molar-refractivity contribution >= 4 is 11.8 Å². The molecule has 0 radical (unpaired) electrons. The Labute approximate surface area is 141 Å². The van der Waals surface area contributed by atoms with Gasteiger partial charge in [0, 0.05) is 57.8 Å². The maximum atomic E-state index is 12.4. The second kappa shape index (κ2) is 6.93. The highest BCUT2D eigenvalue weighted by molar-refractivity contribution is 5.92. The average Bonchev–Trinajstić information content (AvgIpc) is 3.12. The van der Waals surface area contributed by atoms with Gasteiger partial charge in [-0.3, -0.25) is 9.59 Å². The lowest BCUT2D eigenvalue weighted by Crippen LogP contribution is -2.44. The number of piperidine rings is 1. The molecule has 0 aliphatic carbocycles. The van der Waals surface area contributed by atoms with E-state index in [0.717, 1.165) is 32.4 Å². The van der Waals surface area contributed by atoms with Crippen LogP contribution in [0.5, 0.6) is 0 Å². The molecule has 2 aliphatic heterocycles. The van der Waals surface area contributed by atoms with Gasteiger partial charge in [-0.1, -0.05) is 5.16 Å². The topological polar surface area (TPSA) is 75.9 Å². The van der Waals surface area contributed by atoms with Crippen molar-refractivity contribution in [2.24, 2.45) is 5.41 Å². The van der Waals surface area contributed by atoms with Gasteiger partial charge in [0.15, 0.2) is 5.69 Å². The van der Waals surface area contributed by atoms with Crippen LogP contribution < -0.4 is 0 Å². The molecule has 1 aromatic heterocycles. The van der Waals surface area contributed by atoms with Crippen LogP contribution in [0.3, 0.4) is 0 Å². The molecule has 24 heavy (non-hydrogen) atoms. The van der Waals surface area contributed by atoms with Crippen LogP contribution in [-0.4, -0.2) is 66.7 Å². The zero-order chi connectivity index (χ0) is 17.2. The van der Waals surface area contributed by atoms with E-state index in [-0.39, 0.29) is 17.2 Å². The van der Waals surface area contributed by atoms with E-state index < -0.39 is 0 Å². The summed E-state index contributed by atoms with van der Waals surface area (Å²) in [7, 11) is 1.68. The monoisotopic (exact) mass is 335 g/mol. The number of hydrogen-bond acceptors (Lipinski definition) is 5. The Hall–Kier alpha value is -1.89. The second-order valence-electron chi connectivity index (χ2n) is 6.95. The van der Waals surface area contributed by atoms with Crippen LogP contribution >= 0.6 is 0 Å². The van der Waals surface area contributed by atoms with Gasteiger partial charge in [-0.25, -0.2) is 0 Å². The molecule has 2 saturated heterocycles. The summed E-state index contributed by atoms with van der Waals surface area (Å²) >= 11 is 0. The van der Waals surface area contributed by atoms with Gasteiger partial charge in [0.25, 0.3) is 5.91 Å². The lowest BCUT2D eigenvalue weighted by molar-refractivity contribution is -0.128. The maximum Gasteiger partial charge on any atom is 0.276 e. The summed E-state index contributed by atoms with van der Waals surface area (Å²) in [6, 6.07) is 1.67. The highest BCUT2D eigenvalue weighted by atomic mass is 16.5. The summed E-state index contributed by atoms with van der Waals surface area (Å²) in [6.07, 6.45) is 3.20. The Morgan fingerprint density at radius 3 is 2.79 bits per heavy atom. The number of nitrogens with zero attached hydrogens (tertiary/aromatic N) is 3. The first kappa shape index (κ1) is 17.0. The van der Waals surface area contributed by atoms with Gasteiger partial charge in [-0.2, -0.15) is 0 Å². The highest BCUT2D eigenvalue weighted by Crippen LogP contribution is 2.41. The van der Waals surface area contributed by atoms with E-state index >= 15 is 0 Å². The number of aryl methyl sites for hydroxylation is 1. The van der Waals surface area contributed by atoms with Gasteiger partial charge in [0.1, 0.15) is 5.76 Å². The highest BCUT2D eigenvalue weighted by Gasteiger charge is 2.45. The summed E-state index contributed by atoms with van der Waals surface area (Å²) < 4.78 is 10.0. The van der Waals surface area contributed by atoms with E-state index in [9.17, 15) is 9.59 Å². The Morgan fingerprint density at radius 1 is 1.42 bits per heavy atom. The molecule has 2 amide bonds. The van der Waals surface area contributed by atoms with Crippen molar-refractivity contribution in [1.82, 2.24) is 15.0 Å². The molecule has 3 heterocycles. The first-order valence-electron chi connectivity index (χ1n) is 8.52. The van der Waals surface area contributed by atoms with Crippen LogP contribution in [0, 0.1) is 12.3 Å². The third-order valence-electron chi connectivity index (χ3n) is 5.14. The standard InChI is InChI=1S/C17H25N3O4/c1-13-10-14(18-24-13)16(22)19-7-4-17(5-8-19)11-15(21)20(12-17)6-3-9-23-2/h10H,3-9,11-12H2,1-2H3. The number of carbonyl (C=O) groups excluding carboxylic acids is 2. The number of amides is 2. The second-order valence-corrected chi connectivity index (χ2v) is 6.95. The van der Waals surface area contributed by atoms with E-state index in [0.29, 0.717) is 37.6 Å². The first-order chi connectivity index (χ1) is 11.5. The quantitative estimate of drug-likeness (QED) is 0.762. The molecule has 0 saturated carbocycles. The lowest BCUT2D eigenvalue weighted by Gasteiger charge is -2.38. The molecule has 132 valence electrons. The van der Waals surface area contributed by atoms with Crippen molar-refractivity contribution in [3.8, 4) is 0 Å². The van der Waals surface area contributed by atoms with Crippen molar-refractivity contribution in [3.63, 3.8) is 0 Å². The van der Waals surface area contributed by atoms with Crippen LogP contribution in [0.2, 0.25) is 0 Å². The number of hydrogen-bond donors (Lipinski definition) is 0. The number of ether oxygens (including phenoxy) is 1. The minimum Gasteiger partial charge on any atom is -0.385 e. The molecular weight excluding hydrogens is 310 g/mol. The Kier molecular flexibility index (Phi) is 4.89. The molecule has 0 N–H and O–H groups in total. The van der Waals surface area contributed by atoms with Gasteiger partial charge in [-0.15, -0.1) is 0 Å². The van der Waals surface area contributed by atoms with E-state index in [1.807, 2.05) is 9.80 Å². The molecule has 2 aliphatic rings. The lowest BCUT2D eigenvalue weighted by atomic mass is 9.77. The zero-order valence-electron chi connectivity index (χ0n) is 14.4. The Morgan fingerprint density at radius 2 is 2.17 bits per heavy atom. The fourth-order valence-corrected chi connectivity index (χ4v) is 3.73. The summed E-state index contributed by atoms with van der Waals surface area (Å²) in [5.41, 5.74) is 0.396. The van der Waals surface area contributed by atoms with E-state index in [1.165, 1.54) is 0 Å². The SMILES string of the molecule is COCCCN1CC2(CCN(C(=O)c3cc(C)on3)CC2)CC1=O. The van der Waals surface area contributed by atoms with Crippen LogP contribution in [0.1, 0.15) is 41.9 Å². The van der Waals surface area contributed by atoms with Gasteiger partial charge in [0.2, 0.25) is 5.91 Å². The molecular formula is C17H25N3O4. The Balaban J connectivity index is 1.55. The number of likely N-dealkylation sites (tertiary alicyclic amines) is 2. The van der Waals surface area contributed by atoms with E-state index in [2.05, 4.69) is 5.16 Å². The van der Waals surface area contributed by atoms with Crippen LogP contribution in [0.4, 0.5) is 0 Å². The third-order valence-corrected chi connectivity index (χ3v) is 5.14. The smallest absolute Gasteiger partial charge is 0.276 e. The van der Waals surface area contributed by atoms with Crippen molar-refractivity contribution < 1.29 is 18.8 Å². The molecule has 0 bridgehead atoms. The number of aromatic nitrogens is 1. The number of rotatable bonds is 5. The minimum atomic E-state index is -0.0806. The normalized spacial score (nSPS) is 20.2. The molecule has 7 nitrogen and oxygen atoms in total. The zero-order valence-corrected chi connectivity index (χ0v) is 14.4. The number of methoxy groups -OCH3 is 1. The molecule has 1 spiro atoms. The maximum absolute atomic E-state index is 12.4. The summed E-state index contributed by atoms with van der Waals surface area (Å²) in [4.78, 5) is 28.5. The summed E-state index contributed by atoms with van der Waals surface area (Å²) in [6.45, 7) is 5.36. The molecule has 2 fully saturated rings. The van der Waals surface area contributed by atoms with Crippen molar-refractivity contribution in [2.45, 2.75) is 32.6 Å². The fraction of sp³-hybridized carbons (Fsp3) is 0.706. The van der Waals surface area contributed by atoms with Crippen LogP contribution in [0.25, 0.3) is 0 Å². The van der Waals surface area contributed by atoms with Gasteiger partial charge >= 0.3 is 0 Å². The molecule has 0 aromatic carbocycles. The van der Waals surface area contributed by atoms with E-state index in [4.69, 9.17) is 9.26 Å². The van der Waals surface area contributed by atoms with Crippen molar-refractivity contribution in [2.75, 3.05) is 39.9 Å². The molecule has 0 atom stereocenters. The third kappa shape index (κ3) is 3.45. The molecule has 3 rings (SSSR count). The fourth-order valence-electron chi connectivity index (χ4n) is 3.73. The predicted octanol–water partition coefficient (Wildman–Crippen LogP) is 1.47. The Bertz CT molecular complexity index is 605. The van der Waals surface area contributed by atoms with Gasteiger partial charge in [0.05, 0.1) is 0 Å². The average molecular weight is 335 g/mol. The largest absolute Gasteiger partial charge is 0.385 e. The van der Waals surface area contributed by atoms with Crippen LogP contribution in [-0.2, 0) is 9.53 Å². The first-order valence-corrected chi connectivity index (χ1v) is 8.52. The van der Waals surface area contributed by atoms with Crippen LogP contribution in [0.15, 0.2) is 10.6 Å². The van der Waals surface area contributed by atoms with Crippen molar-refractivity contribution in [3.05, 3.63) is 17.5 Å². The minimum absolute atomic E-state index is 0.0284. The predicted molar refractivity (Wildman–Crippen MR) is 86.5 cm³/mol. The molecule has 0 unspecified atom stereocenters. The summed E-state index contributed by atoms with van der Waals surface area (Å²) in [5.74, 6) is 0.792. The summed E-state index contributed by atoms with van der Waals surface area (Å²) in [5, 5.41) is 3.81. The number of carbonyl (C=O) groups is 2.